The van der Waals surface area contributed by atoms with E-state index in [-0.39, 0.29) is 23.7 Å². The molecule has 0 saturated heterocycles. The Morgan fingerprint density at radius 3 is 2.41 bits per heavy atom. The monoisotopic (exact) mass is 517 g/mol. The third kappa shape index (κ3) is 5.22. The van der Waals surface area contributed by atoms with E-state index in [0.717, 1.165) is 45.1 Å². The Bertz CT molecular complexity index is 783. The smallest absolute Gasteiger partial charge is 0.407 e. The van der Waals surface area contributed by atoms with Crippen molar-refractivity contribution in [2.75, 3.05) is 13.2 Å². The van der Waals surface area contributed by atoms with Crippen LogP contribution < -0.4 is 5.32 Å². The van der Waals surface area contributed by atoms with Gasteiger partial charge in [-0.2, -0.15) is 0 Å². The Hall–Kier alpha value is -0.810. The fourth-order valence-electron chi connectivity index (χ4n) is 10.7. The molecule has 5 fully saturated rings. The van der Waals surface area contributed by atoms with Crippen LogP contribution in [0.5, 0.6) is 0 Å². The lowest BCUT2D eigenvalue weighted by Gasteiger charge is -2.64. The molecular weight excluding hydrogens is 462 g/mol. The molecule has 0 radical (unpaired) electrons. The van der Waals surface area contributed by atoms with Gasteiger partial charge in [-0.25, -0.2) is 4.79 Å². The predicted molar refractivity (Wildman–Crippen MR) is 147 cm³/mol. The quantitative estimate of drug-likeness (QED) is 0.328. The Morgan fingerprint density at radius 1 is 0.919 bits per heavy atom. The molecule has 0 aromatic rings. The molecule has 37 heavy (non-hydrogen) atoms. The maximum atomic E-state index is 12.2. The highest BCUT2D eigenvalue weighted by molar-refractivity contribution is 5.67. The number of alkyl carbamates (subject to hydrolysis) is 1. The molecule has 5 saturated carbocycles. The molecule has 0 spiro atoms. The lowest BCUT2D eigenvalue weighted by atomic mass is 9.41. The van der Waals surface area contributed by atoms with Crippen LogP contribution in [0.1, 0.15) is 117 Å². The number of rotatable bonds is 7. The van der Waals surface area contributed by atoms with Gasteiger partial charge in [0.05, 0.1) is 18.8 Å². The number of carbonyl (C=O) groups excluding carboxylic acids is 1. The Kier molecular flexibility index (Phi) is 8.51. The van der Waals surface area contributed by atoms with Gasteiger partial charge in [-0.15, -0.1) is 0 Å². The third-order valence-corrected chi connectivity index (χ3v) is 12.8. The number of amides is 1. The van der Waals surface area contributed by atoms with Gasteiger partial charge < -0.3 is 20.3 Å². The normalized spacial score (nSPS) is 46.0. The van der Waals surface area contributed by atoms with E-state index in [1.54, 1.807) is 0 Å². The van der Waals surface area contributed by atoms with Crippen LogP contribution in [0, 0.1) is 52.3 Å². The lowest BCUT2D eigenvalue weighted by Crippen LogP contribution is -2.62. The van der Waals surface area contributed by atoms with Gasteiger partial charge in [0.2, 0.25) is 0 Å². The van der Waals surface area contributed by atoms with E-state index >= 15 is 0 Å². The predicted octanol–water partition coefficient (Wildman–Crippen LogP) is 6.70. The first-order valence-corrected chi connectivity index (χ1v) is 16.0. The summed E-state index contributed by atoms with van der Waals surface area (Å²) in [7, 11) is 0. The van der Waals surface area contributed by atoms with Crippen molar-refractivity contribution in [1.29, 1.82) is 0 Å². The minimum Gasteiger partial charge on any atom is -0.450 e. The van der Waals surface area contributed by atoms with E-state index in [1.807, 2.05) is 0 Å². The number of fused-ring (bicyclic) bond motifs is 5. The van der Waals surface area contributed by atoms with E-state index in [0.29, 0.717) is 53.4 Å². The summed E-state index contributed by atoms with van der Waals surface area (Å²) in [6.07, 6.45) is 16.8. The van der Waals surface area contributed by atoms with E-state index in [4.69, 9.17) is 4.74 Å². The van der Waals surface area contributed by atoms with Gasteiger partial charge >= 0.3 is 6.09 Å². The molecule has 5 aliphatic rings. The van der Waals surface area contributed by atoms with E-state index < -0.39 is 0 Å². The average Bonchev–Trinajstić information content (AvgIpc) is 3.23. The van der Waals surface area contributed by atoms with Gasteiger partial charge in [0.1, 0.15) is 0 Å². The zero-order valence-corrected chi connectivity index (χ0v) is 23.9. The van der Waals surface area contributed by atoms with Crippen molar-refractivity contribution in [1.82, 2.24) is 5.32 Å². The molecule has 5 aliphatic carbocycles. The SMILES string of the molecule is CC[C@H]1[C@@H](O)[C@@H]2[C@H](CC[C@]3(C)[C@@H](CCCOC(=O)NCC4CCCCC4)CC[C@@H]23)[C@@]2(C)CC[C@@H](O)C[C@@H]12. The van der Waals surface area contributed by atoms with Gasteiger partial charge in [-0.05, 0) is 123 Å². The van der Waals surface area contributed by atoms with Crippen LogP contribution in [0.3, 0.4) is 0 Å². The number of aliphatic hydroxyl groups excluding tert-OH is 2. The van der Waals surface area contributed by atoms with Crippen LogP contribution in [-0.2, 0) is 4.74 Å². The van der Waals surface area contributed by atoms with E-state index in [2.05, 4.69) is 26.1 Å². The summed E-state index contributed by atoms with van der Waals surface area (Å²) >= 11 is 0. The van der Waals surface area contributed by atoms with Gasteiger partial charge in [0.25, 0.3) is 0 Å². The van der Waals surface area contributed by atoms with Crippen LogP contribution >= 0.6 is 0 Å². The van der Waals surface area contributed by atoms with Crippen molar-refractivity contribution in [3.63, 3.8) is 0 Å². The number of ether oxygens (including phenoxy) is 1. The molecule has 5 heteroatoms. The molecule has 0 aromatic heterocycles. The van der Waals surface area contributed by atoms with Gasteiger partial charge in [-0.3, -0.25) is 0 Å². The van der Waals surface area contributed by atoms with Gasteiger partial charge in [-0.1, -0.05) is 46.5 Å². The highest BCUT2D eigenvalue weighted by atomic mass is 16.5. The highest BCUT2D eigenvalue weighted by Gasteiger charge is 2.64. The maximum Gasteiger partial charge on any atom is 0.407 e. The van der Waals surface area contributed by atoms with Gasteiger partial charge in [0, 0.05) is 6.54 Å². The largest absolute Gasteiger partial charge is 0.450 e. The Morgan fingerprint density at radius 2 is 1.65 bits per heavy atom. The van der Waals surface area contributed by atoms with E-state index in [9.17, 15) is 15.0 Å². The summed E-state index contributed by atoms with van der Waals surface area (Å²) in [5.41, 5.74) is 0.559. The van der Waals surface area contributed by atoms with Crippen molar-refractivity contribution in [3.8, 4) is 0 Å². The molecule has 0 heterocycles. The first-order valence-electron chi connectivity index (χ1n) is 16.0. The van der Waals surface area contributed by atoms with Crippen molar-refractivity contribution in [2.45, 2.75) is 129 Å². The highest BCUT2D eigenvalue weighted by Crippen LogP contribution is 2.69. The molecule has 5 nitrogen and oxygen atoms in total. The lowest BCUT2D eigenvalue weighted by molar-refractivity contribution is -0.202. The molecule has 212 valence electrons. The standard InChI is InChI=1S/C32H55NO4/c1-4-24-27-19-23(34)14-16-32(27,3)26-15-17-31(2)22(12-13-25(31)28(26)29(24)35)11-8-18-37-30(36)33-20-21-9-6-5-7-10-21/h21-29,34-35H,4-20H2,1-3H3,(H,33,36)/t22-,23+,24+,25-,26-,27-,28-,29+,31+,32+/m0/s1. The minimum atomic E-state index is -0.238. The first kappa shape index (κ1) is 27.7. The van der Waals surface area contributed by atoms with Crippen LogP contribution in [0.4, 0.5) is 4.79 Å². The zero-order valence-electron chi connectivity index (χ0n) is 23.9. The number of aliphatic hydroxyl groups is 2. The number of nitrogens with one attached hydrogen (secondary N) is 1. The molecular formula is C32H55NO4. The van der Waals surface area contributed by atoms with Gasteiger partial charge in [0.15, 0.2) is 0 Å². The summed E-state index contributed by atoms with van der Waals surface area (Å²) in [6, 6.07) is 0. The minimum absolute atomic E-state index is 0.183. The van der Waals surface area contributed by atoms with Crippen LogP contribution in [0.2, 0.25) is 0 Å². The molecule has 10 atom stereocenters. The molecule has 5 rings (SSSR count). The molecule has 0 bridgehead atoms. The van der Waals surface area contributed by atoms with Crippen molar-refractivity contribution in [3.05, 3.63) is 0 Å². The average molecular weight is 518 g/mol. The number of hydrogen-bond acceptors (Lipinski definition) is 4. The second kappa shape index (κ2) is 11.4. The summed E-state index contributed by atoms with van der Waals surface area (Å²) in [5, 5.41) is 25.3. The Labute approximate surface area is 225 Å². The third-order valence-electron chi connectivity index (χ3n) is 12.8. The van der Waals surface area contributed by atoms with Crippen molar-refractivity contribution >= 4 is 6.09 Å². The second-order valence-corrected chi connectivity index (χ2v) is 14.4. The topological polar surface area (TPSA) is 78.8 Å². The number of carbonyl (C=O) groups is 1. The molecule has 3 N–H and O–H groups in total. The first-order chi connectivity index (χ1) is 17.8. The van der Waals surface area contributed by atoms with Crippen LogP contribution in [-0.4, -0.2) is 41.7 Å². The number of hydrogen-bond donors (Lipinski definition) is 3. The van der Waals surface area contributed by atoms with Crippen molar-refractivity contribution < 1.29 is 19.7 Å². The van der Waals surface area contributed by atoms with Crippen molar-refractivity contribution in [2.24, 2.45) is 52.3 Å². The van der Waals surface area contributed by atoms with E-state index in [1.165, 1.54) is 57.8 Å². The molecule has 0 unspecified atom stereocenters. The maximum absolute atomic E-state index is 12.2. The fourth-order valence-corrected chi connectivity index (χ4v) is 10.7. The summed E-state index contributed by atoms with van der Waals surface area (Å²) < 4.78 is 5.56. The second-order valence-electron chi connectivity index (χ2n) is 14.4. The molecule has 0 aliphatic heterocycles. The van der Waals surface area contributed by atoms with Crippen LogP contribution in [0.25, 0.3) is 0 Å². The summed E-state index contributed by atoms with van der Waals surface area (Å²) in [5.74, 6) is 3.68. The molecule has 1 amide bonds. The summed E-state index contributed by atoms with van der Waals surface area (Å²) in [4.78, 5) is 12.2. The zero-order chi connectivity index (χ0) is 26.2. The molecule has 0 aromatic carbocycles. The fraction of sp³-hybridized carbons (Fsp3) is 0.969. The summed E-state index contributed by atoms with van der Waals surface area (Å²) in [6.45, 7) is 8.57. The van der Waals surface area contributed by atoms with Crippen LogP contribution in [0.15, 0.2) is 0 Å². The Balaban J connectivity index is 1.16.